The Morgan fingerprint density at radius 2 is 1.73 bits per heavy atom. The van der Waals surface area contributed by atoms with E-state index in [4.69, 9.17) is 4.74 Å². The van der Waals surface area contributed by atoms with Gasteiger partial charge in [0.1, 0.15) is 5.75 Å². The van der Waals surface area contributed by atoms with Crippen molar-refractivity contribution in [1.82, 2.24) is 0 Å². The summed E-state index contributed by atoms with van der Waals surface area (Å²) in [6.07, 6.45) is 0. The first-order valence-electron chi connectivity index (χ1n) is 7.51. The van der Waals surface area contributed by atoms with Crippen molar-refractivity contribution in [3.8, 4) is 5.75 Å². The lowest BCUT2D eigenvalue weighted by Gasteiger charge is -2.32. The van der Waals surface area contributed by atoms with Gasteiger partial charge in [-0.1, -0.05) is 48.8 Å². The molecule has 22 heavy (non-hydrogen) atoms. The zero-order valence-electron chi connectivity index (χ0n) is 13.8. The Morgan fingerprint density at radius 1 is 1.05 bits per heavy atom. The molecular formula is C19H24BrNO. The zero-order chi connectivity index (χ0) is 16.2. The van der Waals surface area contributed by atoms with Crippen molar-refractivity contribution in [3.63, 3.8) is 0 Å². The van der Waals surface area contributed by atoms with Crippen LogP contribution in [0.4, 0.5) is 5.69 Å². The molecule has 0 bridgehead atoms. The van der Waals surface area contributed by atoms with Crippen LogP contribution >= 0.6 is 15.9 Å². The third kappa shape index (κ3) is 5.06. The minimum absolute atomic E-state index is 0.228. The van der Waals surface area contributed by atoms with E-state index >= 15 is 0 Å². The predicted octanol–water partition coefficient (Wildman–Crippen LogP) is 5.51. The molecule has 0 amide bonds. The second-order valence-corrected chi connectivity index (χ2v) is 7.66. The zero-order valence-corrected chi connectivity index (χ0v) is 15.4. The van der Waals surface area contributed by atoms with Gasteiger partial charge in [0.25, 0.3) is 0 Å². The Labute approximate surface area is 142 Å². The monoisotopic (exact) mass is 361 g/mol. The summed E-state index contributed by atoms with van der Waals surface area (Å²) in [5, 5.41) is 0. The van der Waals surface area contributed by atoms with Crippen LogP contribution in [0, 0.1) is 5.41 Å². The lowest BCUT2D eigenvalue weighted by molar-refractivity contribution is 0.407. The number of ether oxygens (including phenoxy) is 1. The maximum absolute atomic E-state index is 5.26. The van der Waals surface area contributed by atoms with Gasteiger partial charge < -0.3 is 9.64 Å². The number of nitrogens with zero attached hydrogens (tertiary/aromatic N) is 1. The molecule has 0 fully saturated rings. The number of hydrogen-bond acceptors (Lipinski definition) is 2. The molecule has 0 aliphatic heterocycles. The second kappa shape index (κ2) is 7.19. The molecule has 0 saturated carbocycles. The van der Waals surface area contributed by atoms with Gasteiger partial charge in [-0.2, -0.15) is 0 Å². The lowest BCUT2D eigenvalue weighted by atomic mass is 9.95. The van der Waals surface area contributed by atoms with Crippen molar-refractivity contribution in [2.24, 2.45) is 5.41 Å². The van der Waals surface area contributed by atoms with Crippen molar-refractivity contribution in [2.45, 2.75) is 27.3 Å². The largest absolute Gasteiger partial charge is 0.497 e. The summed E-state index contributed by atoms with van der Waals surface area (Å²) in [6, 6.07) is 16.8. The summed E-state index contributed by atoms with van der Waals surface area (Å²) in [5.74, 6) is 0.891. The van der Waals surface area contributed by atoms with E-state index in [-0.39, 0.29) is 5.41 Å². The maximum atomic E-state index is 5.26. The average Bonchev–Trinajstić information content (AvgIpc) is 2.45. The van der Waals surface area contributed by atoms with Gasteiger partial charge in [-0.3, -0.25) is 0 Å². The van der Waals surface area contributed by atoms with E-state index in [9.17, 15) is 0 Å². The number of benzene rings is 2. The highest BCUT2D eigenvalue weighted by atomic mass is 79.9. The predicted molar refractivity (Wildman–Crippen MR) is 97.6 cm³/mol. The quantitative estimate of drug-likeness (QED) is 0.695. The molecule has 2 aromatic carbocycles. The van der Waals surface area contributed by atoms with Crippen molar-refractivity contribution in [2.75, 3.05) is 18.6 Å². The van der Waals surface area contributed by atoms with Crippen molar-refractivity contribution in [1.29, 1.82) is 0 Å². The molecule has 2 aromatic rings. The van der Waals surface area contributed by atoms with Crippen molar-refractivity contribution < 1.29 is 4.74 Å². The van der Waals surface area contributed by atoms with Gasteiger partial charge >= 0.3 is 0 Å². The van der Waals surface area contributed by atoms with Crippen LogP contribution in [0.25, 0.3) is 0 Å². The van der Waals surface area contributed by atoms with Crippen molar-refractivity contribution in [3.05, 3.63) is 58.6 Å². The fourth-order valence-corrected chi connectivity index (χ4v) is 2.91. The van der Waals surface area contributed by atoms with E-state index < -0.39 is 0 Å². The molecule has 0 N–H and O–H groups in total. The van der Waals surface area contributed by atoms with Crippen LogP contribution in [0.15, 0.2) is 53.0 Å². The van der Waals surface area contributed by atoms with Crippen LogP contribution in [0.2, 0.25) is 0 Å². The molecule has 2 rings (SSSR count). The smallest absolute Gasteiger partial charge is 0.119 e. The minimum atomic E-state index is 0.228. The molecule has 0 aromatic heterocycles. The summed E-state index contributed by atoms with van der Waals surface area (Å²) >= 11 is 3.55. The first-order valence-corrected chi connectivity index (χ1v) is 8.30. The summed E-state index contributed by atoms with van der Waals surface area (Å²) in [4.78, 5) is 2.42. The fraction of sp³-hybridized carbons (Fsp3) is 0.368. The molecule has 0 atom stereocenters. The summed E-state index contributed by atoms with van der Waals surface area (Å²) in [6.45, 7) is 8.69. The molecule has 0 saturated heterocycles. The molecule has 0 aliphatic carbocycles. The van der Waals surface area contributed by atoms with Gasteiger partial charge in [0.2, 0.25) is 0 Å². The summed E-state index contributed by atoms with van der Waals surface area (Å²) < 4.78 is 6.38. The topological polar surface area (TPSA) is 12.5 Å². The Kier molecular flexibility index (Phi) is 5.52. The molecule has 3 heteroatoms. The van der Waals surface area contributed by atoms with Gasteiger partial charge in [-0.05, 0) is 47.4 Å². The highest BCUT2D eigenvalue weighted by molar-refractivity contribution is 9.10. The van der Waals surface area contributed by atoms with Gasteiger partial charge in [0, 0.05) is 23.2 Å². The fourth-order valence-electron chi connectivity index (χ4n) is 2.46. The highest BCUT2D eigenvalue weighted by Crippen LogP contribution is 2.26. The van der Waals surface area contributed by atoms with Crippen LogP contribution in [0.1, 0.15) is 26.3 Å². The molecule has 0 aliphatic rings. The SMILES string of the molecule is COc1ccc(N(Cc2cccc(Br)c2)CC(C)(C)C)cc1. The number of hydrogen-bond donors (Lipinski definition) is 0. The Balaban J connectivity index is 2.25. The summed E-state index contributed by atoms with van der Waals surface area (Å²) in [5.41, 5.74) is 2.75. The van der Waals surface area contributed by atoms with E-state index in [0.29, 0.717) is 0 Å². The van der Waals surface area contributed by atoms with Crippen LogP contribution < -0.4 is 9.64 Å². The molecule has 0 radical (unpaired) electrons. The molecule has 118 valence electrons. The van der Waals surface area contributed by atoms with E-state index in [1.165, 1.54) is 11.3 Å². The normalized spacial score (nSPS) is 11.3. The first-order chi connectivity index (χ1) is 10.4. The highest BCUT2D eigenvalue weighted by Gasteiger charge is 2.17. The number of halogens is 1. The van der Waals surface area contributed by atoms with Crippen LogP contribution in [-0.2, 0) is 6.54 Å². The van der Waals surface area contributed by atoms with Gasteiger partial charge in [0.15, 0.2) is 0 Å². The third-order valence-corrected chi connectivity index (χ3v) is 3.86. The minimum Gasteiger partial charge on any atom is -0.497 e. The van der Waals surface area contributed by atoms with E-state index in [0.717, 1.165) is 23.3 Å². The molecule has 0 unspecified atom stereocenters. The average molecular weight is 362 g/mol. The first kappa shape index (κ1) is 16.9. The van der Waals surface area contributed by atoms with E-state index in [1.807, 2.05) is 12.1 Å². The molecule has 2 nitrogen and oxygen atoms in total. The number of methoxy groups -OCH3 is 1. The van der Waals surface area contributed by atoms with E-state index in [1.54, 1.807) is 7.11 Å². The van der Waals surface area contributed by atoms with Crippen LogP contribution in [-0.4, -0.2) is 13.7 Å². The second-order valence-electron chi connectivity index (χ2n) is 6.74. The molecule has 0 spiro atoms. The Bertz CT molecular complexity index is 602. The van der Waals surface area contributed by atoms with Crippen LogP contribution in [0.3, 0.4) is 0 Å². The van der Waals surface area contributed by atoms with Gasteiger partial charge in [0.05, 0.1) is 7.11 Å². The maximum Gasteiger partial charge on any atom is 0.119 e. The standard InChI is InChI=1S/C19H24BrNO/c1-19(2,3)14-21(13-15-6-5-7-16(20)12-15)17-8-10-18(22-4)11-9-17/h5-12H,13-14H2,1-4H3. The van der Waals surface area contributed by atoms with Crippen molar-refractivity contribution >= 4 is 21.6 Å². The summed E-state index contributed by atoms with van der Waals surface area (Å²) in [7, 11) is 1.70. The Hall–Kier alpha value is -1.48. The van der Waals surface area contributed by atoms with E-state index in [2.05, 4.69) is 78.0 Å². The van der Waals surface area contributed by atoms with Gasteiger partial charge in [-0.25, -0.2) is 0 Å². The number of rotatable bonds is 5. The molecular weight excluding hydrogens is 338 g/mol. The van der Waals surface area contributed by atoms with Gasteiger partial charge in [-0.15, -0.1) is 0 Å². The third-order valence-electron chi connectivity index (χ3n) is 3.37. The number of anilines is 1. The lowest BCUT2D eigenvalue weighted by Crippen LogP contribution is -2.32. The Morgan fingerprint density at radius 3 is 2.27 bits per heavy atom. The molecule has 0 heterocycles. The van der Waals surface area contributed by atoms with Crippen LogP contribution in [0.5, 0.6) is 5.75 Å².